The SMILES string of the molecule is Cc1cccc(C2c3[nH]c4ccccc4c3CCN2C(=O)CC(C)(C)C)n1. The summed E-state index contributed by atoms with van der Waals surface area (Å²) >= 11 is 0. The third-order valence-electron chi connectivity index (χ3n) is 5.23. The zero-order valence-corrected chi connectivity index (χ0v) is 16.5. The Morgan fingerprint density at radius 2 is 1.96 bits per heavy atom. The van der Waals surface area contributed by atoms with Crippen molar-refractivity contribution in [3.8, 4) is 0 Å². The number of pyridine rings is 1. The van der Waals surface area contributed by atoms with Gasteiger partial charge in [0.25, 0.3) is 0 Å². The van der Waals surface area contributed by atoms with Crippen molar-refractivity contribution >= 4 is 16.8 Å². The highest BCUT2D eigenvalue weighted by Gasteiger charge is 2.36. The second-order valence-electron chi connectivity index (χ2n) is 8.74. The van der Waals surface area contributed by atoms with Crippen molar-refractivity contribution in [3.05, 3.63) is 65.1 Å². The van der Waals surface area contributed by atoms with Gasteiger partial charge in [-0.3, -0.25) is 9.78 Å². The number of aromatic amines is 1. The molecular formula is C23H27N3O. The largest absolute Gasteiger partial charge is 0.356 e. The van der Waals surface area contributed by atoms with Crippen LogP contribution in [0.25, 0.3) is 10.9 Å². The Morgan fingerprint density at radius 1 is 1.19 bits per heavy atom. The van der Waals surface area contributed by atoms with Crippen LogP contribution in [-0.2, 0) is 11.2 Å². The molecule has 0 radical (unpaired) electrons. The van der Waals surface area contributed by atoms with Crippen molar-refractivity contribution in [1.82, 2.24) is 14.9 Å². The minimum absolute atomic E-state index is 0.0393. The molecule has 140 valence electrons. The first-order valence-electron chi connectivity index (χ1n) is 9.66. The van der Waals surface area contributed by atoms with Gasteiger partial charge in [-0.25, -0.2) is 0 Å². The molecule has 1 N–H and O–H groups in total. The fourth-order valence-corrected chi connectivity index (χ4v) is 4.09. The zero-order valence-electron chi connectivity index (χ0n) is 16.5. The quantitative estimate of drug-likeness (QED) is 0.714. The lowest BCUT2D eigenvalue weighted by Crippen LogP contribution is -2.42. The van der Waals surface area contributed by atoms with E-state index >= 15 is 0 Å². The third kappa shape index (κ3) is 3.36. The van der Waals surface area contributed by atoms with Crippen molar-refractivity contribution in [3.63, 3.8) is 0 Å². The summed E-state index contributed by atoms with van der Waals surface area (Å²) in [5, 5.41) is 1.26. The summed E-state index contributed by atoms with van der Waals surface area (Å²) in [6.07, 6.45) is 1.41. The number of carbonyl (C=O) groups is 1. The Bertz CT molecular complexity index is 996. The first-order chi connectivity index (χ1) is 12.8. The Labute approximate surface area is 160 Å². The second kappa shape index (κ2) is 6.52. The molecule has 4 heteroatoms. The highest BCUT2D eigenvalue weighted by molar-refractivity contribution is 5.86. The van der Waals surface area contributed by atoms with E-state index in [1.807, 2.05) is 36.1 Å². The summed E-state index contributed by atoms with van der Waals surface area (Å²) in [4.78, 5) is 23.6. The molecular weight excluding hydrogens is 334 g/mol. The van der Waals surface area contributed by atoms with E-state index in [9.17, 15) is 4.79 Å². The molecule has 4 rings (SSSR count). The molecule has 1 aromatic carbocycles. The average Bonchev–Trinajstić information content (AvgIpc) is 2.98. The number of benzene rings is 1. The fraction of sp³-hybridized carbons (Fsp3) is 0.391. The average molecular weight is 361 g/mol. The van der Waals surface area contributed by atoms with E-state index in [-0.39, 0.29) is 17.4 Å². The van der Waals surface area contributed by atoms with Gasteiger partial charge in [0.05, 0.1) is 5.69 Å². The number of nitrogens with one attached hydrogen (secondary N) is 1. The minimum Gasteiger partial charge on any atom is -0.356 e. The number of hydrogen-bond acceptors (Lipinski definition) is 2. The molecule has 0 saturated carbocycles. The predicted octanol–water partition coefficient (Wildman–Crippen LogP) is 4.78. The zero-order chi connectivity index (χ0) is 19.2. The second-order valence-corrected chi connectivity index (χ2v) is 8.74. The Hall–Kier alpha value is -2.62. The van der Waals surface area contributed by atoms with Gasteiger partial charge in [-0.05, 0) is 42.5 Å². The molecule has 1 atom stereocenters. The van der Waals surface area contributed by atoms with Crippen molar-refractivity contribution < 1.29 is 4.79 Å². The number of H-pyrrole nitrogens is 1. The van der Waals surface area contributed by atoms with E-state index in [1.54, 1.807) is 0 Å². The van der Waals surface area contributed by atoms with Gasteiger partial charge >= 0.3 is 0 Å². The van der Waals surface area contributed by atoms with Gasteiger partial charge < -0.3 is 9.88 Å². The lowest BCUT2D eigenvalue weighted by atomic mass is 9.89. The first-order valence-corrected chi connectivity index (χ1v) is 9.66. The van der Waals surface area contributed by atoms with Crippen molar-refractivity contribution in [2.24, 2.45) is 5.41 Å². The molecule has 27 heavy (non-hydrogen) atoms. The normalized spacial score (nSPS) is 17.2. The van der Waals surface area contributed by atoms with E-state index in [0.29, 0.717) is 6.42 Å². The van der Waals surface area contributed by atoms with E-state index < -0.39 is 0 Å². The van der Waals surface area contributed by atoms with Crippen molar-refractivity contribution in [2.75, 3.05) is 6.54 Å². The van der Waals surface area contributed by atoms with Gasteiger partial charge in [0.1, 0.15) is 6.04 Å². The van der Waals surface area contributed by atoms with Gasteiger partial charge in [-0.2, -0.15) is 0 Å². The van der Waals surface area contributed by atoms with Crippen LogP contribution in [0.5, 0.6) is 0 Å². The summed E-state index contributed by atoms with van der Waals surface area (Å²) < 4.78 is 0. The number of aryl methyl sites for hydroxylation is 1. The van der Waals surface area contributed by atoms with Crippen LogP contribution in [0.1, 0.15) is 55.9 Å². The summed E-state index contributed by atoms with van der Waals surface area (Å²) in [6, 6.07) is 14.3. The Kier molecular flexibility index (Phi) is 4.29. The van der Waals surface area contributed by atoms with E-state index in [4.69, 9.17) is 4.98 Å². The molecule has 0 bridgehead atoms. The summed E-state index contributed by atoms with van der Waals surface area (Å²) in [5.41, 5.74) is 5.43. The maximum absolute atomic E-state index is 13.2. The molecule has 0 aliphatic carbocycles. The maximum atomic E-state index is 13.2. The van der Waals surface area contributed by atoms with E-state index in [2.05, 4.69) is 44.0 Å². The standard InChI is InChI=1S/C23H27N3O/c1-15-8-7-11-19(24-15)22-21-17(16-9-5-6-10-18(16)25-21)12-13-26(22)20(27)14-23(2,3)4/h5-11,22,25H,12-14H2,1-4H3. The fourth-order valence-electron chi connectivity index (χ4n) is 4.09. The number of amides is 1. The molecule has 0 fully saturated rings. The van der Waals surface area contributed by atoms with Crippen LogP contribution >= 0.6 is 0 Å². The number of aromatic nitrogens is 2. The number of para-hydroxylation sites is 1. The van der Waals surface area contributed by atoms with Crippen LogP contribution in [0.4, 0.5) is 0 Å². The Morgan fingerprint density at radius 3 is 2.70 bits per heavy atom. The number of nitrogens with zero attached hydrogens (tertiary/aromatic N) is 2. The van der Waals surface area contributed by atoms with Gasteiger partial charge in [0, 0.05) is 35.3 Å². The third-order valence-corrected chi connectivity index (χ3v) is 5.23. The van der Waals surface area contributed by atoms with Crippen LogP contribution in [0.2, 0.25) is 0 Å². The number of rotatable bonds is 2. The molecule has 2 aromatic heterocycles. The lowest BCUT2D eigenvalue weighted by molar-refractivity contribution is -0.135. The Balaban J connectivity index is 1.85. The van der Waals surface area contributed by atoms with Crippen molar-refractivity contribution in [1.29, 1.82) is 0 Å². The predicted molar refractivity (Wildman–Crippen MR) is 109 cm³/mol. The molecule has 0 saturated heterocycles. The van der Waals surface area contributed by atoms with Gasteiger partial charge in [-0.15, -0.1) is 0 Å². The highest BCUT2D eigenvalue weighted by atomic mass is 16.2. The maximum Gasteiger partial charge on any atom is 0.223 e. The first kappa shape index (κ1) is 17.8. The van der Waals surface area contributed by atoms with Gasteiger partial charge in [-0.1, -0.05) is 45.0 Å². The van der Waals surface area contributed by atoms with Crippen LogP contribution in [0.3, 0.4) is 0 Å². The summed E-state index contributed by atoms with van der Waals surface area (Å²) in [6.45, 7) is 9.07. The molecule has 1 aliphatic rings. The minimum atomic E-state index is -0.157. The van der Waals surface area contributed by atoms with E-state index in [1.165, 1.54) is 10.9 Å². The number of hydrogen-bond donors (Lipinski definition) is 1. The van der Waals surface area contributed by atoms with Crippen LogP contribution in [-0.4, -0.2) is 27.3 Å². The molecule has 0 spiro atoms. The van der Waals surface area contributed by atoms with Gasteiger partial charge in [0.15, 0.2) is 0 Å². The molecule has 3 aromatic rings. The van der Waals surface area contributed by atoms with Gasteiger partial charge in [0.2, 0.25) is 5.91 Å². The lowest BCUT2D eigenvalue weighted by Gasteiger charge is -2.37. The summed E-state index contributed by atoms with van der Waals surface area (Å²) in [5.74, 6) is 0.195. The molecule has 1 amide bonds. The summed E-state index contributed by atoms with van der Waals surface area (Å²) in [7, 11) is 0. The smallest absolute Gasteiger partial charge is 0.223 e. The molecule has 1 aliphatic heterocycles. The van der Waals surface area contributed by atoms with Crippen LogP contribution in [0.15, 0.2) is 42.5 Å². The topological polar surface area (TPSA) is 49.0 Å². The molecule has 3 heterocycles. The number of fused-ring (bicyclic) bond motifs is 3. The monoisotopic (exact) mass is 361 g/mol. The van der Waals surface area contributed by atoms with Crippen LogP contribution in [0, 0.1) is 12.3 Å². The van der Waals surface area contributed by atoms with Crippen molar-refractivity contribution in [2.45, 2.75) is 46.6 Å². The highest BCUT2D eigenvalue weighted by Crippen LogP contribution is 2.38. The molecule has 1 unspecified atom stereocenters. The van der Waals surface area contributed by atoms with Crippen LogP contribution < -0.4 is 0 Å². The number of carbonyl (C=O) groups excluding carboxylic acids is 1. The molecule has 4 nitrogen and oxygen atoms in total. The van der Waals surface area contributed by atoms with E-state index in [0.717, 1.165) is 35.6 Å².